The van der Waals surface area contributed by atoms with Gasteiger partial charge in [-0.15, -0.1) is 0 Å². The number of amides is 1. The van der Waals surface area contributed by atoms with Gasteiger partial charge >= 0.3 is 34.3 Å². The van der Waals surface area contributed by atoms with Crippen molar-refractivity contribution in [1.82, 2.24) is 5.32 Å². The Bertz CT molecular complexity index is 2350. The van der Waals surface area contributed by atoms with E-state index in [1.54, 1.807) is 83.1 Å². The first-order chi connectivity index (χ1) is 32.4. The number of hydroxylamine groups is 3. The minimum Gasteiger partial charge on any atom is -0.467 e. The molecule has 9 atom stereocenters. The highest BCUT2D eigenvalue weighted by Crippen LogP contribution is 2.64. The maximum absolute atomic E-state index is 14.6. The van der Waals surface area contributed by atoms with Crippen molar-refractivity contribution in [3.63, 3.8) is 0 Å². The fourth-order valence-corrected chi connectivity index (χ4v) is 10.6. The van der Waals surface area contributed by atoms with Crippen LogP contribution in [0.2, 0.25) is 0 Å². The van der Waals surface area contributed by atoms with Gasteiger partial charge in [0.2, 0.25) is 11.5 Å². The Morgan fingerprint density at radius 3 is 1.51 bits per heavy atom. The van der Waals surface area contributed by atoms with Crippen LogP contribution in [0.1, 0.15) is 151 Å². The van der Waals surface area contributed by atoms with Crippen LogP contribution in [0.4, 0.5) is 0 Å². The smallest absolute Gasteiger partial charge is 0.444 e. The molecule has 19 nitrogen and oxygen atoms in total. The highest BCUT2D eigenvalue weighted by atomic mass is 32.3. The first-order valence-electron chi connectivity index (χ1n) is 24.5. The summed E-state index contributed by atoms with van der Waals surface area (Å²) in [6.07, 6.45) is 0. The molecule has 2 heterocycles. The number of benzene rings is 1. The molecule has 1 amide bonds. The Morgan fingerprint density at radius 2 is 1.08 bits per heavy atom. The molecule has 418 valence electrons. The lowest BCUT2D eigenvalue weighted by Crippen LogP contribution is -2.88. The summed E-state index contributed by atoms with van der Waals surface area (Å²) in [4.78, 5) is 71.4. The first kappa shape index (κ1) is 63.5. The minimum atomic E-state index is -4.67. The van der Waals surface area contributed by atoms with E-state index in [1.807, 2.05) is 51.1 Å². The van der Waals surface area contributed by atoms with Crippen molar-refractivity contribution >= 4 is 40.2 Å². The molecule has 2 saturated heterocycles. The zero-order valence-corrected chi connectivity index (χ0v) is 49.3. The van der Waals surface area contributed by atoms with Crippen LogP contribution in [0.15, 0.2) is 30.3 Å². The van der Waals surface area contributed by atoms with Crippen molar-refractivity contribution in [2.45, 2.75) is 197 Å². The van der Waals surface area contributed by atoms with Gasteiger partial charge in [0.15, 0.2) is 22.6 Å². The summed E-state index contributed by atoms with van der Waals surface area (Å²) in [6.45, 7) is 31.9. The largest absolute Gasteiger partial charge is 0.467 e. The molecule has 1 aromatic rings. The molecular formula is C53H89N2O17S+. The predicted molar refractivity (Wildman–Crippen MR) is 270 cm³/mol. The topological polar surface area (TPSA) is 224 Å². The molecule has 73 heavy (non-hydrogen) atoms. The third-order valence-electron chi connectivity index (χ3n) is 16.0. The zero-order valence-electron chi connectivity index (χ0n) is 48.5. The Balaban J connectivity index is 2.50. The van der Waals surface area contributed by atoms with Gasteiger partial charge in [0, 0.05) is 17.8 Å². The Labute approximate surface area is 435 Å². The minimum absolute atomic E-state index is 0.0241. The second kappa shape index (κ2) is 20.0. The molecule has 2 fully saturated rings. The van der Waals surface area contributed by atoms with Gasteiger partial charge in [-0.1, -0.05) is 51.1 Å². The number of rotatable bonds is 17. The normalized spacial score (nSPS) is 34.0. The van der Waals surface area contributed by atoms with E-state index in [0.717, 1.165) is 12.7 Å². The molecule has 20 heteroatoms. The third-order valence-corrected chi connectivity index (χ3v) is 17.0. The Hall–Kier alpha value is -3.76. The molecule has 0 spiro atoms. The molecular weight excluding hydrogens is 969 g/mol. The molecule has 0 aromatic heterocycles. The molecule has 4 unspecified atom stereocenters. The number of carbonyl (C=O) groups is 5. The van der Waals surface area contributed by atoms with E-state index < -0.39 is 130 Å². The maximum atomic E-state index is 14.6. The predicted octanol–water partition coefficient (Wildman–Crippen LogP) is 7.32. The van der Waals surface area contributed by atoms with Crippen molar-refractivity contribution in [2.24, 2.45) is 27.1 Å². The number of ether oxygens (including phenoxy) is 8. The highest BCUT2D eigenvalue weighted by Gasteiger charge is 2.83. The fraction of sp³-hybridized carbons (Fsp3) is 0.792. The van der Waals surface area contributed by atoms with Gasteiger partial charge in [0.25, 0.3) is 0 Å². The van der Waals surface area contributed by atoms with Crippen molar-refractivity contribution < 1.29 is 83.4 Å². The number of methoxy groups -OCH3 is 1. The highest BCUT2D eigenvalue weighted by molar-refractivity contribution is 7.81. The van der Waals surface area contributed by atoms with E-state index in [-0.39, 0.29) is 13.2 Å². The lowest BCUT2D eigenvalue weighted by molar-refractivity contribution is -1.03. The molecule has 2 aliphatic heterocycles. The summed E-state index contributed by atoms with van der Waals surface area (Å²) >= 11 is 0. The van der Waals surface area contributed by atoms with Crippen molar-refractivity contribution in [3.05, 3.63) is 35.9 Å². The Morgan fingerprint density at radius 1 is 0.630 bits per heavy atom. The quantitative estimate of drug-likeness (QED) is 0.0698. The number of quaternary nitrogens is 1. The van der Waals surface area contributed by atoms with E-state index in [4.69, 9.17) is 46.4 Å². The van der Waals surface area contributed by atoms with Gasteiger partial charge in [0.1, 0.15) is 5.60 Å². The van der Waals surface area contributed by atoms with E-state index in [9.17, 15) is 32.4 Å². The molecule has 3 rings (SSSR count). The van der Waals surface area contributed by atoms with Crippen LogP contribution in [0.3, 0.4) is 0 Å². The monoisotopic (exact) mass is 1060 g/mol. The molecule has 0 aliphatic carbocycles. The van der Waals surface area contributed by atoms with E-state index in [1.165, 1.54) is 62.7 Å². The first-order valence-corrected chi connectivity index (χ1v) is 25.9. The van der Waals surface area contributed by atoms with E-state index in [2.05, 4.69) is 5.32 Å². The number of carbonyl (C=O) groups excluding carboxylic acids is 5. The number of nitrogens with zero attached hydrogens (tertiary/aromatic N) is 1. The van der Waals surface area contributed by atoms with Crippen LogP contribution in [0.25, 0.3) is 0 Å². The summed E-state index contributed by atoms with van der Waals surface area (Å²) in [5, 5.41) is 3.13. The maximum Gasteiger partial charge on any atom is 0.444 e. The average Bonchev–Trinajstić information content (AvgIpc) is 3.21. The lowest BCUT2D eigenvalue weighted by atomic mass is 9.47. The summed E-state index contributed by atoms with van der Waals surface area (Å²) < 4.78 is 90.2. The van der Waals surface area contributed by atoms with Gasteiger partial charge < -0.3 is 43.2 Å². The second-order valence-electron chi connectivity index (χ2n) is 25.8. The number of esters is 4. The van der Waals surface area contributed by atoms with Crippen LogP contribution in [0.5, 0.6) is 0 Å². The Kier molecular flexibility index (Phi) is 17.4. The van der Waals surface area contributed by atoms with Crippen molar-refractivity contribution in [1.29, 1.82) is 0 Å². The van der Waals surface area contributed by atoms with Crippen LogP contribution in [0, 0.1) is 27.1 Å². The summed E-state index contributed by atoms with van der Waals surface area (Å²) in [7, 11) is 0.959. The van der Waals surface area contributed by atoms with Gasteiger partial charge in [-0.3, -0.25) is 19.2 Å². The van der Waals surface area contributed by atoms with Gasteiger partial charge in [-0.2, -0.15) is 13.1 Å². The number of hydrogen-bond acceptors (Lipinski definition) is 17. The molecule has 0 saturated carbocycles. The second-order valence-corrected chi connectivity index (χ2v) is 27.0. The summed E-state index contributed by atoms with van der Waals surface area (Å²) in [5.41, 5.74) is -20.0. The van der Waals surface area contributed by atoms with Crippen molar-refractivity contribution in [3.8, 4) is 0 Å². The zero-order chi connectivity index (χ0) is 57.1. The number of hydrogen-bond donors (Lipinski definition) is 1. The van der Waals surface area contributed by atoms with Crippen molar-refractivity contribution in [2.75, 3.05) is 48.1 Å². The number of nitrogens with one attached hydrogen (secondary N) is 1. The lowest BCUT2D eigenvalue weighted by Gasteiger charge is -2.70. The summed E-state index contributed by atoms with van der Waals surface area (Å²) in [5.74, 6) is -5.72. The van der Waals surface area contributed by atoms with Crippen LogP contribution in [-0.4, -0.2) is 136 Å². The molecule has 1 N–H and O–H groups in total. The van der Waals surface area contributed by atoms with Gasteiger partial charge in [0.05, 0.1) is 82.1 Å². The third kappa shape index (κ3) is 11.5. The molecule has 2 aliphatic rings. The fourth-order valence-electron chi connectivity index (χ4n) is 9.68. The average molecular weight is 1060 g/mol. The molecule has 1 aromatic carbocycles. The van der Waals surface area contributed by atoms with Gasteiger partial charge in [-0.05, 0) is 128 Å². The van der Waals surface area contributed by atoms with Crippen LogP contribution < -0.4 is 5.32 Å². The summed E-state index contributed by atoms with van der Waals surface area (Å²) in [6, 6.07) is 9.23. The van der Waals surface area contributed by atoms with Gasteiger partial charge in [-0.25, -0.2) is 8.98 Å². The molecule has 0 radical (unpaired) electrons. The molecule has 0 bridgehead atoms. The van der Waals surface area contributed by atoms with E-state index in [0.29, 0.717) is 0 Å². The standard InChI is InChI=1S/C53H88N2O17S/c1-35(56)54-49(17)45(13,44(11,12)46(14,34-66-73(61,62)72-55(22,23)24)71-53(49,21)65-31-36-29-27-26-28-30-36)32-64-33-47(15)50(18,67-37(57)41(2,3)4)52(20,69-39(59)43(8,9)10)51(19,68-38(58)42(5,6)7)48(16,70-47)40(60)63-25/h26-30H,31-34H2,1-25H3/p+1/t45-,46?,47?,48?,49+,50-,51-,52+,53?/m1/s1. The van der Waals surface area contributed by atoms with E-state index >= 15 is 0 Å². The van der Waals surface area contributed by atoms with Crippen LogP contribution >= 0.6 is 0 Å². The van der Waals surface area contributed by atoms with Crippen LogP contribution in [-0.2, 0) is 87.3 Å². The SMILES string of the molecule is COC(=O)C1(C)OC(C)(COC[C@]2(C)C(C)(C)C(C)(COS(=O)(=O)O[N+](C)(C)C)OC(C)(OCc3ccccc3)[C@@]2(C)NC(C)=O)[C@@](C)(OC(=O)C(C)(C)C)[C@](C)(OC(=O)C(C)(C)C)[C@]1(C)OC(=O)C(C)(C)C.